The van der Waals surface area contributed by atoms with Crippen molar-refractivity contribution in [3.8, 4) is 11.5 Å². The Morgan fingerprint density at radius 3 is 2.85 bits per heavy atom. The number of ether oxygens (including phenoxy) is 3. The summed E-state index contributed by atoms with van der Waals surface area (Å²) in [5.74, 6) is 0.843. The lowest BCUT2D eigenvalue weighted by Gasteiger charge is -2.17. The first-order valence-corrected chi connectivity index (χ1v) is 8.29. The van der Waals surface area contributed by atoms with Gasteiger partial charge in [-0.1, -0.05) is 6.07 Å². The van der Waals surface area contributed by atoms with Crippen molar-refractivity contribution in [2.24, 2.45) is 0 Å². The van der Waals surface area contributed by atoms with Crippen molar-refractivity contribution in [3.05, 3.63) is 47.5 Å². The number of methoxy groups -OCH3 is 1. The lowest BCUT2D eigenvalue weighted by Crippen LogP contribution is -2.32. The van der Waals surface area contributed by atoms with Crippen molar-refractivity contribution < 1.29 is 23.8 Å². The first-order chi connectivity index (χ1) is 12.7. The van der Waals surface area contributed by atoms with E-state index in [1.807, 2.05) is 18.2 Å². The number of anilines is 2. The molecular weight excluding hydrogens is 336 g/mol. The smallest absolute Gasteiger partial charge is 0.255 e. The highest BCUT2D eigenvalue weighted by atomic mass is 16.7. The molecule has 0 spiro atoms. The number of nitrogens with one attached hydrogen (secondary N) is 1. The molecule has 0 saturated carbocycles. The largest absolute Gasteiger partial charge is 0.454 e. The molecule has 0 aliphatic carbocycles. The number of benzene rings is 2. The van der Waals surface area contributed by atoms with Crippen LogP contribution in [0.1, 0.15) is 15.9 Å². The summed E-state index contributed by atoms with van der Waals surface area (Å²) >= 11 is 0. The quantitative estimate of drug-likeness (QED) is 0.911. The van der Waals surface area contributed by atoms with Gasteiger partial charge in [-0.3, -0.25) is 9.59 Å². The lowest BCUT2D eigenvalue weighted by atomic mass is 10.1. The van der Waals surface area contributed by atoms with Gasteiger partial charge in [0.25, 0.3) is 11.8 Å². The second-order valence-electron chi connectivity index (χ2n) is 6.09. The Hall–Kier alpha value is -3.06. The maximum atomic E-state index is 12.5. The average Bonchev–Trinajstić information content (AvgIpc) is 3.27. The maximum absolute atomic E-state index is 12.5. The van der Waals surface area contributed by atoms with E-state index in [1.165, 1.54) is 7.11 Å². The van der Waals surface area contributed by atoms with Crippen LogP contribution in [0.5, 0.6) is 11.5 Å². The molecule has 7 nitrogen and oxygen atoms in total. The van der Waals surface area contributed by atoms with E-state index in [-0.39, 0.29) is 25.2 Å². The molecule has 0 aromatic heterocycles. The average molecular weight is 354 g/mol. The highest BCUT2D eigenvalue weighted by molar-refractivity contribution is 6.05. The number of carbonyl (C=O) groups is 2. The summed E-state index contributed by atoms with van der Waals surface area (Å²) in [5, 5.41) is 2.87. The minimum absolute atomic E-state index is 0.0349. The molecule has 0 saturated heterocycles. The van der Waals surface area contributed by atoms with Crippen molar-refractivity contribution in [1.82, 2.24) is 0 Å². The van der Waals surface area contributed by atoms with Gasteiger partial charge in [0.05, 0.1) is 0 Å². The van der Waals surface area contributed by atoms with Gasteiger partial charge in [0.15, 0.2) is 11.5 Å². The molecule has 0 unspecified atom stereocenters. The van der Waals surface area contributed by atoms with Crippen molar-refractivity contribution in [3.63, 3.8) is 0 Å². The van der Waals surface area contributed by atoms with Crippen molar-refractivity contribution in [2.45, 2.75) is 6.42 Å². The van der Waals surface area contributed by atoms with E-state index in [9.17, 15) is 9.59 Å². The molecule has 1 N–H and O–H groups in total. The summed E-state index contributed by atoms with van der Waals surface area (Å²) in [6, 6.07) is 10.6. The van der Waals surface area contributed by atoms with Crippen LogP contribution in [-0.2, 0) is 16.0 Å². The summed E-state index contributed by atoms with van der Waals surface area (Å²) in [7, 11) is 1.50. The second kappa shape index (κ2) is 6.68. The van der Waals surface area contributed by atoms with Gasteiger partial charge < -0.3 is 24.4 Å². The summed E-state index contributed by atoms with van der Waals surface area (Å²) < 4.78 is 15.5. The molecule has 2 aliphatic heterocycles. The molecule has 2 aromatic rings. The lowest BCUT2D eigenvalue weighted by molar-refractivity contribution is -0.122. The fraction of sp³-hybridized carbons (Fsp3) is 0.263. The van der Waals surface area contributed by atoms with Gasteiger partial charge in [-0.15, -0.1) is 0 Å². The van der Waals surface area contributed by atoms with Crippen LogP contribution in [-0.4, -0.2) is 38.9 Å². The third-order valence-corrected chi connectivity index (χ3v) is 4.44. The molecule has 0 bridgehead atoms. The highest BCUT2D eigenvalue weighted by Gasteiger charge is 2.25. The molecule has 134 valence electrons. The van der Waals surface area contributed by atoms with E-state index in [1.54, 1.807) is 23.1 Å². The zero-order valence-electron chi connectivity index (χ0n) is 14.3. The highest BCUT2D eigenvalue weighted by Crippen LogP contribution is 2.33. The Kier molecular flexibility index (Phi) is 4.22. The minimum Gasteiger partial charge on any atom is -0.454 e. The zero-order valence-corrected chi connectivity index (χ0v) is 14.3. The SMILES string of the molecule is COCC(=O)N1CCc2ccc(NC(=O)c3ccc4c(c3)OCO4)cc21. The van der Waals surface area contributed by atoms with Gasteiger partial charge in [0.2, 0.25) is 6.79 Å². The monoisotopic (exact) mass is 354 g/mol. The first kappa shape index (κ1) is 16.4. The van der Waals surface area contributed by atoms with E-state index in [0.29, 0.717) is 29.3 Å². The van der Waals surface area contributed by atoms with E-state index in [0.717, 1.165) is 17.7 Å². The number of nitrogens with zero attached hydrogens (tertiary/aromatic N) is 1. The molecule has 0 radical (unpaired) electrons. The minimum atomic E-state index is -0.254. The Morgan fingerprint density at radius 1 is 1.15 bits per heavy atom. The predicted molar refractivity (Wildman–Crippen MR) is 94.9 cm³/mol. The van der Waals surface area contributed by atoms with Crippen molar-refractivity contribution in [2.75, 3.05) is 37.3 Å². The van der Waals surface area contributed by atoms with Crippen LogP contribution >= 0.6 is 0 Å². The summed E-state index contributed by atoms with van der Waals surface area (Å²) in [6.45, 7) is 0.820. The summed E-state index contributed by atoms with van der Waals surface area (Å²) in [5.41, 5.74) is 3.00. The van der Waals surface area contributed by atoms with E-state index < -0.39 is 0 Å². The van der Waals surface area contributed by atoms with E-state index in [4.69, 9.17) is 14.2 Å². The van der Waals surface area contributed by atoms with Gasteiger partial charge >= 0.3 is 0 Å². The van der Waals surface area contributed by atoms with Gasteiger partial charge in [0.1, 0.15) is 6.61 Å². The Labute approximate surface area is 150 Å². The van der Waals surface area contributed by atoms with Crippen LogP contribution < -0.4 is 19.7 Å². The summed E-state index contributed by atoms with van der Waals surface area (Å²) in [6.07, 6.45) is 0.793. The molecule has 26 heavy (non-hydrogen) atoms. The number of hydrogen-bond donors (Lipinski definition) is 1. The molecule has 0 atom stereocenters. The van der Waals surface area contributed by atoms with Crippen molar-refractivity contribution in [1.29, 1.82) is 0 Å². The summed E-state index contributed by atoms with van der Waals surface area (Å²) in [4.78, 5) is 26.4. The fourth-order valence-corrected chi connectivity index (χ4v) is 3.16. The number of carbonyl (C=O) groups excluding carboxylic acids is 2. The maximum Gasteiger partial charge on any atom is 0.255 e. The second-order valence-corrected chi connectivity index (χ2v) is 6.09. The molecule has 4 rings (SSSR count). The molecular formula is C19H18N2O5. The molecule has 2 heterocycles. The fourth-order valence-electron chi connectivity index (χ4n) is 3.16. The van der Waals surface area contributed by atoms with Crippen LogP contribution in [0.15, 0.2) is 36.4 Å². The van der Waals surface area contributed by atoms with Crippen LogP contribution in [0, 0.1) is 0 Å². The molecule has 2 aliphatic rings. The van der Waals surface area contributed by atoms with Crippen LogP contribution in [0.2, 0.25) is 0 Å². The van der Waals surface area contributed by atoms with E-state index >= 15 is 0 Å². The topological polar surface area (TPSA) is 77.1 Å². The molecule has 2 aromatic carbocycles. The van der Waals surface area contributed by atoms with Crippen LogP contribution in [0.25, 0.3) is 0 Å². The third-order valence-electron chi connectivity index (χ3n) is 4.44. The van der Waals surface area contributed by atoms with Crippen LogP contribution in [0.3, 0.4) is 0 Å². The molecule has 7 heteroatoms. The normalized spacial score (nSPS) is 14.3. The molecule has 0 fully saturated rings. The Balaban J connectivity index is 1.53. The number of fused-ring (bicyclic) bond motifs is 2. The van der Waals surface area contributed by atoms with Gasteiger partial charge in [-0.25, -0.2) is 0 Å². The Morgan fingerprint density at radius 2 is 2.00 bits per heavy atom. The molecule has 2 amide bonds. The first-order valence-electron chi connectivity index (χ1n) is 8.29. The Bertz CT molecular complexity index is 880. The van der Waals surface area contributed by atoms with Crippen LogP contribution in [0.4, 0.5) is 11.4 Å². The van der Waals surface area contributed by atoms with Gasteiger partial charge in [0, 0.05) is 30.6 Å². The van der Waals surface area contributed by atoms with Gasteiger partial charge in [-0.05, 0) is 42.3 Å². The predicted octanol–water partition coefficient (Wildman–Crippen LogP) is 2.20. The number of rotatable bonds is 4. The third kappa shape index (κ3) is 2.97. The van der Waals surface area contributed by atoms with Gasteiger partial charge in [-0.2, -0.15) is 0 Å². The zero-order chi connectivity index (χ0) is 18.1. The van der Waals surface area contributed by atoms with Crippen molar-refractivity contribution >= 4 is 23.2 Å². The van der Waals surface area contributed by atoms with E-state index in [2.05, 4.69) is 5.32 Å². The number of amides is 2. The number of hydrogen-bond acceptors (Lipinski definition) is 5. The standard InChI is InChI=1S/C19H18N2O5/c1-24-10-18(22)21-7-6-12-2-4-14(9-15(12)21)20-19(23)13-3-5-16-17(8-13)26-11-25-16/h2-5,8-9H,6-7,10-11H2,1H3,(H,20,23).